The van der Waals surface area contributed by atoms with Crippen LogP contribution in [0.25, 0.3) is 0 Å². The highest BCUT2D eigenvalue weighted by Gasteiger charge is 2.54. The summed E-state index contributed by atoms with van der Waals surface area (Å²) in [4.78, 5) is 23.1. The van der Waals surface area contributed by atoms with E-state index in [0.717, 1.165) is 0 Å². The summed E-state index contributed by atoms with van der Waals surface area (Å²) in [5, 5.41) is 18.3. The highest BCUT2D eigenvalue weighted by molar-refractivity contribution is 5.90. The van der Waals surface area contributed by atoms with Crippen molar-refractivity contribution >= 4 is 11.9 Å². The fraction of sp³-hybridized carbons (Fsp3) is 0.429. The number of carbonyl (C=O) groups excluding carboxylic acids is 2. The monoisotopic (exact) mass is 318 g/mol. The molecule has 8 heteroatoms. The maximum Gasteiger partial charge on any atom is 0.381 e. The first-order chi connectivity index (χ1) is 10.3. The summed E-state index contributed by atoms with van der Waals surface area (Å²) in [6, 6.07) is 7.19. The molecule has 0 heterocycles. The van der Waals surface area contributed by atoms with Crippen LogP contribution in [0.2, 0.25) is 0 Å². The third kappa shape index (κ3) is 4.22. The van der Waals surface area contributed by atoms with Gasteiger partial charge in [0.2, 0.25) is 6.10 Å². The van der Waals surface area contributed by atoms with Gasteiger partial charge in [0, 0.05) is 0 Å². The molecule has 0 bridgehead atoms. The van der Waals surface area contributed by atoms with Gasteiger partial charge in [0.1, 0.15) is 6.10 Å². The van der Waals surface area contributed by atoms with Crippen molar-refractivity contribution in [2.75, 3.05) is 13.2 Å². The number of ether oxygens (including phenoxy) is 2. The summed E-state index contributed by atoms with van der Waals surface area (Å²) in [5.41, 5.74) is -0.0442. The molecule has 2 N–H and O–H groups in total. The summed E-state index contributed by atoms with van der Waals surface area (Å²) < 4.78 is 36.6. The maximum atomic E-state index is 14.0. The van der Waals surface area contributed by atoms with Gasteiger partial charge in [-0.25, -0.2) is 9.59 Å². The lowest BCUT2D eigenvalue weighted by Gasteiger charge is -2.27. The zero-order valence-corrected chi connectivity index (χ0v) is 11.7. The molecule has 0 spiro atoms. The molecular formula is C14H16F2O6. The van der Waals surface area contributed by atoms with Crippen LogP contribution in [0.1, 0.15) is 17.3 Å². The number of hydrogen-bond donors (Lipinski definition) is 2. The van der Waals surface area contributed by atoms with Crippen molar-refractivity contribution in [1.29, 1.82) is 0 Å². The number of benzene rings is 1. The predicted molar refractivity (Wildman–Crippen MR) is 70.3 cm³/mol. The molecule has 0 aliphatic carbocycles. The molecule has 0 saturated carbocycles. The van der Waals surface area contributed by atoms with E-state index in [2.05, 4.69) is 9.47 Å². The highest BCUT2D eigenvalue weighted by Crippen LogP contribution is 2.27. The van der Waals surface area contributed by atoms with Gasteiger partial charge in [0.05, 0.1) is 18.8 Å². The van der Waals surface area contributed by atoms with Crippen LogP contribution in [0, 0.1) is 0 Å². The fourth-order valence-electron chi connectivity index (χ4n) is 1.59. The van der Waals surface area contributed by atoms with Crippen molar-refractivity contribution in [2.24, 2.45) is 0 Å². The molecule has 2 unspecified atom stereocenters. The molecular weight excluding hydrogens is 302 g/mol. The number of aliphatic hydroxyl groups excluding tert-OH is 2. The lowest BCUT2D eigenvalue weighted by atomic mass is 10.1. The lowest BCUT2D eigenvalue weighted by molar-refractivity contribution is -0.202. The van der Waals surface area contributed by atoms with Crippen LogP contribution in [0.15, 0.2) is 30.3 Å². The van der Waals surface area contributed by atoms with Crippen LogP contribution in [-0.4, -0.2) is 53.5 Å². The van der Waals surface area contributed by atoms with E-state index in [9.17, 15) is 23.5 Å². The minimum Gasteiger partial charge on any atom is -0.461 e. The highest BCUT2D eigenvalue weighted by atomic mass is 19.3. The van der Waals surface area contributed by atoms with Gasteiger partial charge in [-0.3, -0.25) is 0 Å². The van der Waals surface area contributed by atoms with Crippen molar-refractivity contribution in [2.45, 2.75) is 25.1 Å². The molecule has 6 nitrogen and oxygen atoms in total. The second-order valence-corrected chi connectivity index (χ2v) is 4.29. The Kier molecular flexibility index (Phi) is 6.39. The Balaban J connectivity index is 2.99. The Morgan fingerprint density at radius 3 is 2.36 bits per heavy atom. The number of rotatable bonds is 7. The first kappa shape index (κ1) is 18.0. The average molecular weight is 318 g/mol. The largest absolute Gasteiger partial charge is 0.461 e. The van der Waals surface area contributed by atoms with Gasteiger partial charge in [0.15, 0.2) is 0 Å². The molecule has 22 heavy (non-hydrogen) atoms. The zero-order valence-electron chi connectivity index (χ0n) is 11.7. The van der Waals surface area contributed by atoms with E-state index < -0.39 is 36.7 Å². The fourth-order valence-corrected chi connectivity index (χ4v) is 1.59. The first-order valence-electron chi connectivity index (χ1n) is 6.44. The second-order valence-electron chi connectivity index (χ2n) is 4.29. The van der Waals surface area contributed by atoms with Crippen molar-refractivity contribution in [3.8, 4) is 0 Å². The zero-order chi connectivity index (χ0) is 16.8. The summed E-state index contributed by atoms with van der Waals surface area (Å²) in [6.07, 6.45) is -4.71. The van der Waals surface area contributed by atoms with Gasteiger partial charge in [0.25, 0.3) is 0 Å². The minimum atomic E-state index is -4.30. The quantitative estimate of drug-likeness (QED) is 0.721. The van der Waals surface area contributed by atoms with E-state index >= 15 is 0 Å². The molecule has 0 saturated heterocycles. The first-order valence-corrected chi connectivity index (χ1v) is 6.44. The smallest absolute Gasteiger partial charge is 0.381 e. The van der Waals surface area contributed by atoms with Gasteiger partial charge < -0.3 is 19.7 Å². The number of halogens is 2. The Morgan fingerprint density at radius 2 is 1.86 bits per heavy atom. The van der Waals surface area contributed by atoms with Crippen LogP contribution in [-0.2, 0) is 14.3 Å². The molecule has 0 aromatic heterocycles. The molecule has 122 valence electrons. The van der Waals surface area contributed by atoms with Gasteiger partial charge in [-0.15, -0.1) is 0 Å². The number of aliphatic hydroxyl groups is 2. The van der Waals surface area contributed by atoms with E-state index in [-0.39, 0.29) is 12.2 Å². The predicted octanol–water partition coefficient (Wildman–Crippen LogP) is 0.764. The molecule has 0 fully saturated rings. The van der Waals surface area contributed by atoms with Crippen LogP contribution in [0.4, 0.5) is 8.78 Å². The third-order valence-electron chi connectivity index (χ3n) is 2.68. The Morgan fingerprint density at radius 1 is 1.27 bits per heavy atom. The SMILES string of the molecule is CCOC(=O)C(F)(F)C(OC(=O)c1ccccc1)C(O)CO. The van der Waals surface area contributed by atoms with Crippen molar-refractivity contribution < 1.29 is 38.1 Å². The van der Waals surface area contributed by atoms with Crippen molar-refractivity contribution in [1.82, 2.24) is 0 Å². The maximum absolute atomic E-state index is 14.0. The Hall–Kier alpha value is -2.06. The lowest BCUT2D eigenvalue weighted by Crippen LogP contribution is -2.52. The number of alkyl halides is 2. The molecule has 0 amide bonds. The number of esters is 2. The Bertz CT molecular complexity index is 505. The molecule has 1 aromatic carbocycles. The van der Waals surface area contributed by atoms with E-state index in [1.165, 1.54) is 31.2 Å². The number of carbonyl (C=O) groups is 2. The minimum absolute atomic E-state index is 0.0442. The van der Waals surface area contributed by atoms with Gasteiger partial charge in [-0.2, -0.15) is 8.78 Å². The Labute approximate surface area is 125 Å². The average Bonchev–Trinajstić information content (AvgIpc) is 2.52. The normalized spacial score (nSPS) is 14.0. The van der Waals surface area contributed by atoms with Crippen LogP contribution >= 0.6 is 0 Å². The summed E-state index contributed by atoms with van der Waals surface area (Å²) >= 11 is 0. The molecule has 0 aliphatic heterocycles. The molecule has 1 aromatic rings. The van der Waals surface area contributed by atoms with Crippen LogP contribution < -0.4 is 0 Å². The molecule has 2 atom stereocenters. The van der Waals surface area contributed by atoms with E-state index in [1.807, 2.05) is 0 Å². The second kappa shape index (κ2) is 7.81. The van der Waals surface area contributed by atoms with E-state index in [4.69, 9.17) is 5.11 Å². The summed E-state index contributed by atoms with van der Waals surface area (Å²) in [6.45, 7) is -0.119. The topological polar surface area (TPSA) is 93.1 Å². The summed E-state index contributed by atoms with van der Waals surface area (Å²) in [7, 11) is 0. The standard InChI is InChI=1S/C14H16F2O6/c1-2-21-13(20)14(15,16)11(10(18)8-17)22-12(19)9-6-4-3-5-7-9/h3-7,10-11,17-18H,2,8H2,1H3. The van der Waals surface area contributed by atoms with E-state index in [0.29, 0.717) is 0 Å². The van der Waals surface area contributed by atoms with Crippen LogP contribution in [0.3, 0.4) is 0 Å². The molecule has 0 radical (unpaired) electrons. The molecule has 0 aliphatic rings. The third-order valence-corrected chi connectivity index (χ3v) is 2.68. The van der Waals surface area contributed by atoms with Crippen LogP contribution in [0.5, 0.6) is 0 Å². The van der Waals surface area contributed by atoms with Crippen molar-refractivity contribution in [3.05, 3.63) is 35.9 Å². The molecule has 1 rings (SSSR count). The van der Waals surface area contributed by atoms with Gasteiger partial charge in [-0.05, 0) is 19.1 Å². The number of hydrogen-bond acceptors (Lipinski definition) is 6. The van der Waals surface area contributed by atoms with Gasteiger partial charge >= 0.3 is 17.9 Å². The van der Waals surface area contributed by atoms with Crippen molar-refractivity contribution in [3.63, 3.8) is 0 Å². The van der Waals surface area contributed by atoms with Gasteiger partial charge in [-0.1, -0.05) is 18.2 Å². The van der Waals surface area contributed by atoms with E-state index in [1.54, 1.807) is 6.07 Å². The summed E-state index contributed by atoms with van der Waals surface area (Å²) in [5.74, 6) is -7.42.